The molecule has 1 unspecified atom stereocenters. The van der Waals surface area contributed by atoms with Crippen LogP contribution in [-0.4, -0.2) is 23.0 Å². The molecule has 4 nitrogen and oxygen atoms in total. The van der Waals surface area contributed by atoms with Gasteiger partial charge in [0.2, 0.25) is 0 Å². The summed E-state index contributed by atoms with van der Waals surface area (Å²) in [5, 5.41) is 12.3. The first-order valence-corrected chi connectivity index (χ1v) is 9.23. The maximum atomic E-state index is 14.0. The molecule has 174 valence electrons. The number of rotatable bonds is 3. The lowest BCUT2D eigenvalue weighted by atomic mass is 9.85. The number of carbonyl (C=O) groups is 1. The van der Waals surface area contributed by atoms with Gasteiger partial charge in [0.05, 0.1) is 22.4 Å². The van der Waals surface area contributed by atoms with E-state index in [2.05, 4.69) is 9.99 Å². The molecule has 1 aliphatic heterocycles. The van der Waals surface area contributed by atoms with Gasteiger partial charge < -0.3 is 9.94 Å². The summed E-state index contributed by atoms with van der Waals surface area (Å²) in [6, 6.07) is 0.759. The SMILES string of the molecule is Cc1cc(C2=NOC(c3cc(C(F)(F)F)cc(C(F)(F)F)c3)(C(F)(F)F)C2)sc1C(=O)O. The molecule has 0 amide bonds. The lowest BCUT2D eigenvalue weighted by Crippen LogP contribution is -2.43. The van der Waals surface area contributed by atoms with Crippen molar-refractivity contribution in [1.29, 1.82) is 0 Å². The number of nitrogens with zero attached hydrogens (tertiary/aromatic N) is 1. The van der Waals surface area contributed by atoms with Gasteiger partial charge in [0.25, 0.3) is 5.60 Å². The molecule has 32 heavy (non-hydrogen) atoms. The van der Waals surface area contributed by atoms with Crippen molar-refractivity contribution < 1.29 is 54.3 Å². The number of halogens is 9. The van der Waals surface area contributed by atoms with E-state index in [0.29, 0.717) is 11.3 Å². The van der Waals surface area contributed by atoms with Crippen LogP contribution in [0.2, 0.25) is 0 Å². The molecular weight excluding hydrogens is 481 g/mol. The smallest absolute Gasteiger partial charge is 0.435 e. The number of oxime groups is 1. The number of hydrogen-bond donors (Lipinski definition) is 1. The average molecular weight is 491 g/mol. The molecule has 3 rings (SSSR count). The minimum atomic E-state index is -5.47. The Morgan fingerprint density at radius 2 is 1.53 bits per heavy atom. The fraction of sp³-hybridized carbons (Fsp3) is 0.333. The maximum absolute atomic E-state index is 14.0. The third-order valence-corrected chi connectivity index (χ3v) is 5.91. The van der Waals surface area contributed by atoms with Gasteiger partial charge in [0.15, 0.2) is 0 Å². The first-order chi connectivity index (χ1) is 14.5. The van der Waals surface area contributed by atoms with Gasteiger partial charge in [-0.25, -0.2) is 4.79 Å². The zero-order valence-corrected chi connectivity index (χ0v) is 16.4. The average Bonchev–Trinajstić information content (AvgIpc) is 3.24. The van der Waals surface area contributed by atoms with E-state index in [-0.39, 0.29) is 33.5 Å². The molecule has 0 radical (unpaired) electrons. The summed E-state index contributed by atoms with van der Waals surface area (Å²) in [5.74, 6) is -1.37. The first-order valence-electron chi connectivity index (χ1n) is 8.41. The molecule has 1 atom stereocenters. The van der Waals surface area contributed by atoms with Gasteiger partial charge in [-0.1, -0.05) is 5.16 Å². The Morgan fingerprint density at radius 1 is 1.00 bits per heavy atom. The van der Waals surface area contributed by atoms with Gasteiger partial charge in [-0.3, -0.25) is 0 Å². The highest BCUT2D eigenvalue weighted by Gasteiger charge is 2.63. The highest BCUT2D eigenvalue weighted by Crippen LogP contribution is 2.51. The zero-order valence-electron chi connectivity index (χ0n) is 15.5. The number of alkyl halides is 9. The fourth-order valence-electron chi connectivity index (χ4n) is 3.06. The van der Waals surface area contributed by atoms with Crippen molar-refractivity contribution in [2.75, 3.05) is 0 Å². The number of carboxylic acids is 1. The largest absolute Gasteiger partial charge is 0.477 e. The Morgan fingerprint density at radius 3 is 1.94 bits per heavy atom. The van der Waals surface area contributed by atoms with Crippen LogP contribution >= 0.6 is 11.3 Å². The molecule has 0 bridgehead atoms. The quantitative estimate of drug-likeness (QED) is 0.508. The Labute approximate surface area is 176 Å². The summed E-state index contributed by atoms with van der Waals surface area (Å²) in [5.41, 5.74) is -9.23. The van der Waals surface area contributed by atoms with Gasteiger partial charge in [-0.2, -0.15) is 39.5 Å². The molecular formula is C18H10F9NO3S. The van der Waals surface area contributed by atoms with Crippen LogP contribution in [0, 0.1) is 6.92 Å². The van der Waals surface area contributed by atoms with Gasteiger partial charge in [-0.15, -0.1) is 11.3 Å². The maximum Gasteiger partial charge on any atom is 0.435 e. The van der Waals surface area contributed by atoms with Gasteiger partial charge >= 0.3 is 24.5 Å². The van der Waals surface area contributed by atoms with Crippen molar-refractivity contribution in [1.82, 2.24) is 0 Å². The first kappa shape index (κ1) is 23.9. The number of benzene rings is 1. The third-order valence-electron chi connectivity index (χ3n) is 4.64. The second-order valence-corrected chi connectivity index (χ2v) is 7.91. The summed E-state index contributed by atoms with van der Waals surface area (Å²) >= 11 is 0.549. The van der Waals surface area contributed by atoms with E-state index >= 15 is 0 Å². The lowest BCUT2D eigenvalue weighted by molar-refractivity contribution is -0.276. The van der Waals surface area contributed by atoms with E-state index in [1.54, 1.807) is 0 Å². The monoisotopic (exact) mass is 491 g/mol. The molecule has 2 aromatic rings. The predicted octanol–water partition coefficient (Wildman–Crippen LogP) is 6.37. The molecule has 14 heteroatoms. The molecule has 0 aliphatic carbocycles. The summed E-state index contributed by atoms with van der Waals surface area (Å²) in [4.78, 5) is 15.4. The van der Waals surface area contributed by atoms with Crippen LogP contribution in [0.25, 0.3) is 0 Å². The summed E-state index contributed by atoms with van der Waals surface area (Å²) in [6.07, 6.45) is -17.5. The molecule has 0 spiro atoms. The van der Waals surface area contributed by atoms with Crippen LogP contribution in [0.1, 0.15) is 43.2 Å². The van der Waals surface area contributed by atoms with E-state index in [1.807, 2.05) is 0 Å². The molecule has 0 fully saturated rings. The second-order valence-electron chi connectivity index (χ2n) is 6.85. The van der Waals surface area contributed by atoms with Crippen LogP contribution in [0.5, 0.6) is 0 Å². The normalized spacial score (nSPS) is 19.6. The topological polar surface area (TPSA) is 58.9 Å². The number of aromatic carboxylic acids is 1. The highest BCUT2D eigenvalue weighted by molar-refractivity contribution is 7.16. The fourth-order valence-corrected chi connectivity index (χ4v) is 4.05. The number of aryl methyl sites for hydroxylation is 1. The van der Waals surface area contributed by atoms with Crippen LogP contribution in [0.15, 0.2) is 29.4 Å². The molecule has 1 N–H and O–H groups in total. The van der Waals surface area contributed by atoms with Crippen molar-refractivity contribution in [3.05, 3.63) is 56.3 Å². The Hall–Kier alpha value is -2.77. The van der Waals surface area contributed by atoms with E-state index in [1.165, 1.54) is 13.0 Å². The molecule has 2 heterocycles. The predicted molar refractivity (Wildman–Crippen MR) is 92.4 cm³/mol. The molecule has 1 aromatic carbocycles. The molecule has 1 aliphatic rings. The van der Waals surface area contributed by atoms with E-state index in [4.69, 9.17) is 5.11 Å². The highest BCUT2D eigenvalue weighted by atomic mass is 32.1. The lowest BCUT2D eigenvalue weighted by Gasteiger charge is -2.30. The molecule has 0 saturated heterocycles. The summed E-state index contributed by atoms with van der Waals surface area (Å²) < 4.78 is 121. The summed E-state index contributed by atoms with van der Waals surface area (Å²) in [6.45, 7) is 1.36. The van der Waals surface area contributed by atoms with Crippen LogP contribution in [-0.2, 0) is 22.8 Å². The Balaban J connectivity index is 2.15. The van der Waals surface area contributed by atoms with Gasteiger partial charge in [0, 0.05) is 5.56 Å². The Kier molecular flexibility index (Phi) is 5.51. The van der Waals surface area contributed by atoms with E-state index in [0.717, 1.165) is 0 Å². The third kappa shape index (κ3) is 4.14. The van der Waals surface area contributed by atoms with Crippen molar-refractivity contribution in [2.45, 2.75) is 37.5 Å². The molecule has 1 aromatic heterocycles. The number of carboxylic acid groups (broad SMARTS) is 1. The van der Waals surface area contributed by atoms with E-state index < -0.39 is 58.9 Å². The van der Waals surface area contributed by atoms with Gasteiger partial charge in [-0.05, 0) is 36.8 Å². The molecule has 0 saturated carbocycles. The Bertz CT molecular complexity index is 1070. The second kappa shape index (κ2) is 7.39. The summed E-state index contributed by atoms with van der Waals surface area (Å²) in [7, 11) is 0. The standard InChI is InChI=1S/C18H10F9NO3S/c1-7-2-12(32-13(7)14(29)30)11-6-15(31-28-11,18(25,26)27)8-3-9(16(19,20)21)5-10(4-8)17(22,23)24/h2-5H,6H2,1H3,(H,29,30). The minimum absolute atomic E-state index is 0.0659. The van der Waals surface area contributed by atoms with E-state index in [9.17, 15) is 44.3 Å². The van der Waals surface area contributed by atoms with Crippen molar-refractivity contribution in [2.24, 2.45) is 5.16 Å². The van der Waals surface area contributed by atoms with Crippen molar-refractivity contribution in [3.8, 4) is 0 Å². The van der Waals surface area contributed by atoms with Crippen molar-refractivity contribution >= 4 is 23.0 Å². The van der Waals surface area contributed by atoms with Crippen LogP contribution in [0.3, 0.4) is 0 Å². The minimum Gasteiger partial charge on any atom is -0.477 e. The van der Waals surface area contributed by atoms with Gasteiger partial charge in [0.1, 0.15) is 10.6 Å². The number of hydrogen-bond acceptors (Lipinski definition) is 4. The van der Waals surface area contributed by atoms with Crippen molar-refractivity contribution in [3.63, 3.8) is 0 Å². The van der Waals surface area contributed by atoms with Crippen LogP contribution in [0.4, 0.5) is 39.5 Å². The van der Waals surface area contributed by atoms with Crippen LogP contribution < -0.4 is 0 Å². The number of thiophene rings is 1. The zero-order chi connectivity index (χ0) is 24.3.